The fraction of sp³-hybridized carbons (Fsp3) is 0.0476. The summed E-state index contributed by atoms with van der Waals surface area (Å²) in [6, 6.07) is 11.8. The van der Waals surface area contributed by atoms with Crippen molar-refractivity contribution in [2.45, 2.75) is 11.3 Å². The number of primary sulfonamides is 1. The first-order chi connectivity index (χ1) is 15.3. The van der Waals surface area contributed by atoms with Gasteiger partial charge in [-0.1, -0.05) is 18.2 Å². The molecular weight excluding hydrogens is 435 g/mol. The van der Waals surface area contributed by atoms with Gasteiger partial charge in [-0.2, -0.15) is 5.10 Å². The van der Waals surface area contributed by atoms with E-state index in [2.05, 4.69) is 20.4 Å². The predicted octanol–water partition coefficient (Wildman–Crippen LogP) is 2.30. The summed E-state index contributed by atoms with van der Waals surface area (Å²) in [4.78, 5) is 20.1. The maximum Gasteiger partial charge on any atom is 0.240 e. The highest BCUT2D eigenvalue weighted by Gasteiger charge is 2.19. The molecule has 2 aromatic carbocycles. The van der Waals surface area contributed by atoms with Gasteiger partial charge in [-0.15, -0.1) is 0 Å². The van der Waals surface area contributed by atoms with Gasteiger partial charge in [0.15, 0.2) is 0 Å². The molecule has 0 aliphatic rings. The second-order valence-corrected chi connectivity index (χ2v) is 8.34. The molecule has 0 aliphatic heterocycles. The first-order valence-electron chi connectivity index (χ1n) is 9.33. The van der Waals surface area contributed by atoms with E-state index >= 15 is 0 Å². The Morgan fingerprint density at radius 2 is 1.97 bits per heavy atom. The van der Waals surface area contributed by atoms with Gasteiger partial charge in [0.05, 0.1) is 24.0 Å². The fourth-order valence-corrected chi connectivity index (χ4v) is 3.82. The van der Waals surface area contributed by atoms with Gasteiger partial charge in [-0.3, -0.25) is 4.79 Å². The maximum atomic E-state index is 13.8. The van der Waals surface area contributed by atoms with Crippen molar-refractivity contribution in [3.8, 4) is 16.9 Å². The van der Waals surface area contributed by atoms with Crippen LogP contribution in [0.2, 0.25) is 0 Å². The number of carbonyl (C=O) groups is 1. The first-order valence-corrected chi connectivity index (χ1v) is 10.9. The highest BCUT2D eigenvalue weighted by Crippen LogP contribution is 2.25. The standard InChI is InChI=1S/C21H17FN6O3S/c22-17-4-2-1-3-14(17)9-21(29)27-16-5-6-19(20(10-16)32(23,30)31)28-12-15(11-26-28)18-7-8-24-13-25-18/h1-8,10-13H,9H2,(H,27,29)(H2,23,30,31). The molecule has 0 saturated heterocycles. The molecule has 11 heteroatoms. The van der Waals surface area contributed by atoms with Crippen LogP contribution in [0, 0.1) is 5.82 Å². The molecule has 0 aliphatic carbocycles. The molecule has 32 heavy (non-hydrogen) atoms. The van der Waals surface area contributed by atoms with Crippen molar-refractivity contribution in [1.82, 2.24) is 19.7 Å². The van der Waals surface area contributed by atoms with E-state index < -0.39 is 21.7 Å². The van der Waals surface area contributed by atoms with Crippen molar-refractivity contribution in [2.24, 2.45) is 5.14 Å². The molecule has 0 bridgehead atoms. The minimum atomic E-state index is -4.16. The number of hydrogen-bond acceptors (Lipinski definition) is 6. The van der Waals surface area contributed by atoms with Gasteiger partial charge in [0.2, 0.25) is 15.9 Å². The Balaban J connectivity index is 1.62. The molecule has 4 rings (SSSR count). The molecule has 0 spiro atoms. The van der Waals surface area contributed by atoms with Crippen LogP contribution in [-0.4, -0.2) is 34.1 Å². The number of nitrogens with zero attached hydrogens (tertiary/aromatic N) is 4. The van der Waals surface area contributed by atoms with Crippen molar-refractivity contribution in [3.63, 3.8) is 0 Å². The quantitative estimate of drug-likeness (QED) is 0.461. The Bertz CT molecular complexity index is 1390. The number of anilines is 1. The Labute approximate surface area is 182 Å². The van der Waals surface area contributed by atoms with E-state index in [0.717, 1.165) is 0 Å². The molecule has 0 saturated carbocycles. The number of carbonyl (C=O) groups excluding carboxylic acids is 1. The van der Waals surface area contributed by atoms with Gasteiger partial charge in [0.1, 0.15) is 17.0 Å². The van der Waals surface area contributed by atoms with Crippen molar-refractivity contribution in [1.29, 1.82) is 0 Å². The van der Waals surface area contributed by atoms with Gasteiger partial charge in [0, 0.05) is 23.6 Å². The first kappa shape index (κ1) is 21.3. The molecule has 4 aromatic rings. The Kier molecular flexibility index (Phi) is 5.75. The number of aromatic nitrogens is 4. The van der Waals surface area contributed by atoms with E-state index in [0.29, 0.717) is 11.3 Å². The number of halogens is 1. The Morgan fingerprint density at radius 1 is 1.16 bits per heavy atom. The smallest absolute Gasteiger partial charge is 0.240 e. The summed E-state index contributed by atoms with van der Waals surface area (Å²) in [7, 11) is -4.16. The average Bonchev–Trinajstić information content (AvgIpc) is 3.25. The highest BCUT2D eigenvalue weighted by molar-refractivity contribution is 7.89. The lowest BCUT2D eigenvalue weighted by molar-refractivity contribution is -0.115. The van der Waals surface area contributed by atoms with Crippen LogP contribution in [0.4, 0.5) is 10.1 Å². The van der Waals surface area contributed by atoms with Crippen molar-refractivity contribution in [2.75, 3.05) is 5.32 Å². The van der Waals surface area contributed by atoms with Crippen molar-refractivity contribution < 1.29 is 17.6 Å². The van der Waals surface area contributed by atoms with Crippen LogP contribution >= 0.6 is 0 Å². The normalized spacial score (nSPS) is 11.3. The minimum absolute atomic E-state index is 0.194. The lowest BCUT2D eigenvalue weighted by Gasteiger charge is -2.11. The summed E-state index contributed by atoms with van der Waals surface area (Å²) in [5.74, 6) is -1.00. The lowest BCUT2D eigenvalue weighted by atomic mass is 10.1. The second-order valence-electron chi connectivity index (χ2n) is 6.81. The molecule has 0 fully saturated rings. The molecular formula is C21H17FN6O3S. The molecule has 2 aromatic heterocycles. The van der Waals surface area contributed by atoms with Gasteiger partial charge in [-0.25, -0.2) is 32.6 Å². The van der Waals surface area contributed by atoms with E-state index in [-0.39, 0.29) is 28.3 Å². The van der Waals surface area contributed by atoms with Crippen LogP contribution in [-0.2, 0) is 21.2 Å². The van der Waals surface area contributed by atoms with Gasteiger partial charge >= 0.3 is 0 Å². The third-order valence-electron chi connectivity index (χ3n) is 4.57. The van der Waals surface area contributed by atoms with Gasteiger partial charge in [-0.05, 0) is 35.9 Å². The van der Waals surface area contributed by atoms with E-state index in [9.17, 15) is 17.6 Å². The van der Waals surface area contributed by atoms with E-state index in [4.69, 9.17) is 5.14 Å². The molecule has 2 heterocycles. The number of amides is 1. The summed E-state index contributed by atoms with van der Waals surface area (Å²) in [6.45, 7) is 0. The van der Waals surface area contributed by atoms with Crippen LogP contribution in [0.1, 0.15) is 5.56 Å². The molecule has 0 radical (unpaired) electrons. The second kappa shape index (κ2) is 8.65. The topological polar surface area (TPSA) is 133 Å². The maximum absolute atomic E-state index is 13.8. The van der Waals surface area contributed by atoms with Crippen LogP contribution in [0.25, 0.3) is 16.9 Å². The van der Waals surface area contributed by atoms with Crippen molar-refractivity contribution in [3.05, 3.63) is 84.8 Å². The number of nitrogens with one attached hydrogen (secondary N) is 1. The number of benzene rings is 2. The third kappa shape index (κ3) is 4.68. The summed E-state index contributed by atoms with van der Waals surface area (Å²) in [5, 5.41) is 12.2. The fourth-order valence-electron chi connectivity index (χ4n) is 3.08. The minimum Gasteiger partial charge on any atom is -0.326 e. The Hall–Kier alpha value is -3.96. The summed E-state index contributed by atoms with van der Waals surface area (Å²) < 4.78 is 39.6. The molecule has 1 amide bonds. The molecule has 162 valence electrons. The molecule has 0 unspecified atom stereocenters. The summed E-state index contributed by atoms with van der Waals surface area (Å²) in [6.07, 6.45) is 5.89. The molecule has 9 nitrogen and oxygen atoms in total. The van der Waals surface area contributed by atoms with Crippen molar-refractivity contribution >= 4 is 21.6 Å². The van der Waals surface area contributed by atoms with Crippen LogP contribution in [0.15, 0.2) is 78.3 Å². The SMILES string of the molecule is NS(=O)(=O)c1cc(NC(=O)Cc2ccccc2F)ccc1-n1cc(-c2ccncn2)cn1. The number of hydrogen-bond donors (Lipinski definition) is 2. The number of sulfonamides is 1. The van der Waals surface area contributed by atoms with Gasteiger partial charge in [0.25, 0.3) is 0 Å². The zero-order valence-corrected chi connectivity index (χ0v) is 17.3. The van der Waals surface area contributed by atoms with Gasteiger partial charge < -0.3 is 5.32 Å². The van der Waals surface area contributed by atoms with E-state index in [1.165, 1.54) is 53.6 Å². The van der Waals surface area contributed by atoms with Crippen LogP contribution < -0.4 is 10.5 Å². The monoisotopic (exact) mass is 452 g/mol. The van der Waals surface area contributed by atoms with E-state index in [1.54, 1.807) is 24.5 Å². The zero-order chi connectivity index (χ0) is 22.7. The lowest BCUT2D eigenvalue weighted by Crippen LogP contribution is -2.18. The average molecular weight is 452 g/mol. The summed E-state index contributed by atoms with van der Waals surface area (Å²) >= 11 is 0. The third-order valence-corrected chi connectivity index (χ3v) is 5.51. The molecule has 3 N–H and O–H groups in total. The van der Waals surface area contributed by atoms with E-state index in [1.807, 2.05) is 0 Å². The highest BCUT2D eigenvalue weighted by atomic mass is 32.2. The van der Waals surface area contributed by atoms with Crippen LogP contribution in [0.3, 0.4) is 0 Å². The summed E-state index contributed by atoms with van der Waals surface area (Å²) in [5.41, 5.74) is 1.87. The molecule has 0 atom stereocenters. The number of rotatable bonds is 6. The number of nitrogens with two attached hydrogens (primary N) is 1. The van der Waals surface area contributed by atoms with Crippen LogP contribution in [0.5, 0.6) is 0 Å². The zero-order valence-electron chi connectivity index (χ0n) is 16.5. The largest absolute Gasteiger partial charge is 0.326 e. The predicted molar refractivity (Wildman–Crippen MR) is 115 cm³/mol. The Morgan fingerprint density at radius 3 is 2.69 bits per heavy atom.